The fourth-order valence-electron chi connectivity index (χ4n) is 2.69. The van der Waals surface area contributed by atoms with Crippen molar-refractivity contribution in [3.8, 4) is 5.75 Å². The van der Waals surface area contributed by atoms with Gasteiger partial charge in [-0.15, -0.1) is 0 Å². The van der Waals surface area contributed by atoms with E-state index in [1.807, 2.05) is 0 Å². The normalized spacial score (nSPS) is 21.5. The summed E-state index contributed by atoms with van der Waals surface area (Å²) in [7, 11) is 0. The van der Waals surface area contributed by atoms with Crippen LogP contribution in [0.1, 0.15) is 13.3 Å². The third kappa shape index (κ3) is 3.67. The number of benzene rings is 1. The van der Waals surface area contributed by atoms with Gasteiger partial charge in [0.1, 0.15) is 0 Å². The van der Waals surface area contributed by atoms with Crippen molar-refractivity contribution in [2.75, 3.05) is 32.8 Å². The van der Waals surface area contributed by atoms with Crippen LogP contribution in [0.5, 0.6) is 5.75 Å². The molecule has 0 amide bonds. The minimum atomic E-state index is -0.306. The molecule has 1 heterocycles. The molecule has 1 aromatic carbocycles. The summed E-state index contributed by atoms with van der Waals surface area (Å²) in [4.78, 5) is 2.43. The summed E-state index contributed by atoms with van der Waals surface area (Å²) in [6.07, 6.45) is 1.16. The third-order valence-corrected chi connectivity index (χ3v) is 4.02. The van der Waals surface area contributed by atoms with Gasteiger partial charge >= 0.3 is 0 Å². The monoisotopic (exact) mass is 266 g/mol. The Morgan fingerprint density at radius 2 is 2.26 bits per heavy atom. The van der Waals surface area contributed by atoms with Gasteiger partial charge in [0.25, 0.3) is 0 Å². The van der Waals surface area contributed by atoms with Crippen LogP contribution in [0.25, 0.3) is 0 Å². The Morgan fingerprint density at radius 3 is 2.89 bits per heavy atom. The molecule has 1 saturated heterocycles. The second kappa shape index (κ2) is 6.87. The van der Waals surface area contributed by atoms with Crippen molar-refractivity contribution in [3.63, 3.8) is 0 Å². The van der Waals surface area contributed by atoms with E-state index in [9.17, 15) is 4.39 Å². The molecule has 106 valence electrons. The molecule has 0 radical (unpaired) electrons. The van der Waals surface area contributed by atoms with Gasteiger partial charge in [-0.3, -0.25) is 0 Å². The Labute approximate surface area is 114 Å². The van der Waals surface area contributed by atoms with E-state index in [0.29, 0.717) is 30.7 Å². The standard InChI is InChI=1S/C15H23FN2O/c1-2-18-8-7-12(10-18)13(9-17)11-19-15-6-4-3-5-14(15)16/h3-6,12-13H,2,7-11,17H2,1H3. The number of rotatable bonds is 6. The molecule has 0 aliphatic carbocycles. The summed E-state index contributed by atoms with van der Waals surface area (Å²) in [6.45, 7) is 6.57. The Morgan fingerprint density at radius 1 is 1.47 bits per heavy atom. The van der Waals surface area contributed by atoms with Gasteiger partial charge in [-0.1, -0.05) is 19.1 Å². The highest BCUT2D eigenvalue weighted by molar-refractivity contribution is 5.23. The van der Waals surface area contributed by atoms with Crippen LogP contribution >= 0.6 is 0 Å². The van der Waals surface area contributed by atoms with Gasteiger partial charge in [-0.05, 0) is 44.1 Å². The fourth-order valence-corrected chi connectivity index (χ4v) is 2.69. The first-order chi connectivity index (χ1) is 9.24. The molecule has 19 heavy (non-hydrogen) atoms. The summed E-state index contributed by atoms with van der Waals surface area (Å²) in [5, 5.41) is 0. The van der Waals surface area contributed by atoms with Gasteiger partial charge in [0.2, 0.25) is 0 Å². The van der Waals surface area contributed by atoms with Gasteiger partial charge in [0.15, 0.2) is 11.6 Å². The lowest BCUT2D eigenvalue weighted by molar-refractivity contribution is 0.191. The lowest BCUT2D eigenvalue weighted by atomic mass is 9.92. The second-order valence-corrected chi connectivity index (χ2v) is 5.18. The molecular formula is C15H23FN2O. The Balaban J connectivity index is 1.88. The molecule has 1 aliphatic rings. The van der Waals surface area contributed by atoms with Gasteiger partial charge in [-0.25, -0.2) is 4.39 Å². The van der Waals surface area contributed by atoms with E-state index in [0.717, 1.165) is 26.1 Å². The van der Waals surface area contributed by atoms with E-state index < -0.39 is 0 Å². The molecule has 0 bridgehead atoms. The summed E-state index contributed by atoms with van der Waals surface area (Å²) in [5.41, 5.74) is 5.85. The quantitative estimate of drug-likeness (QED) is 0.857. The SMILES string of the molecule is CCN1CCC(C(CN)COc2ccccc2F)C1. The maximum atomic E-state index is 13.5. The minimum Gasteiger partial charge on any atom is -0.490 e. The summed E-state index contributed by atoms with van der Waals surface area (Å²) >= 11 is 0. The molecule has 1 aliphatic heterocycles. The Kier molecular flexibility index (Phi) is 5.16. The lowest BCUT2D eigenvalue weighted by Gasteiger charge is -2.22. The molecule has 0 aromatic heterocycles. The van der Waals surface area contributed by atoms with E-state index in [4.69, 9.17) is 10.5 Å². The number of hydrogen-bond donors (Lipinski definition) is 1. The first-order valence-corrected chi connectivity index (χ1v) is 7.04. The number of nitrogens with zero attached hydrogens (tertiary/aromatic N) is 1. The highest BCUT2D eigenvalue weighted by atomic mass is 19.1. The Hall–Kier alpha value is -1.13. The number of likely N-dealkylation sites (tertiary alicyclic amines) is 1. The zero-order chi connectivity index (χ0) is 13.7. The predicted molar refractivity (Wildman–Crippen MR) is 74.7 cm³/mol. The van der Waals surface area contributed by atoms with E-state index in [2.05, 4.69) is 11.8 Å². The number of para-hydroxylation sites is 1. The van der Waals surface area contributed by atoms with Gasteiger partial charge < -0.3 is 15.4 Å². The molecule has 4 heteroatoms. The molecule has 1 aromatic rings. The van der Waals surface area contributed by atoms with Crippen molar-refractivity contribution in [1.82, 2.24) is 4.90 Å². The van der Waals surface area contributed by atoms with Crippen LogP contribution < -0.4 is 10.5 Å². The number of hydrogen-bond acceptors (Lipinski definition) is 3. The van der Waals surface area contributed by atoms with Gasteiger partial charge in [0.05, 0.1) is 6.61 Å². The molecule has 2 unspecified atom stereocenters. The van der Waals surface area contributed by atoms with Crippen molar-refractivity contribution < 1.29 is 9.13 Å². The van der Waals surface area contributed by atoms with Crippen LogP contribution in [0.4, 0.5) is 4.39 Å². The molecule has 0 spiro atoms. The fraction of sp³-hybridized carbons (Fsp3) is 0.600. The van der Waals surface area contributed by atoms with Crippen LogP contribution in [-0.2, 0) is 0 Å². The maximum absolute atomic E-state index is 13.5. The van der Waals surface area contributed by atoms with E-state index in [1.54, 1.807) is 18.2 Å². The van der Waals surface area contributed by atoms with Crippen molar-refractivity contribution in [2.45, 2.75) is 13.3 Å². The van der Waals surface area contributed by atoms with Crippen molar-refractivity contribution in [2.24, 2.45) is 17.6 Å². The highest BCUT2D eigenvalue weighted by Gasteiger charge is 2.28. The summed E-state index contributed by atoms with van der Waals surface area (Å²) < 4.78 is 19.1. The number of nitrogens with two attached hydrogens (primary N) is 1. The molecule has 2 rings (SSSR count). The minimum absolute atomic E-state index is 0.302. The molecule has 2 N–H and O–H groups in total. The van der Waals surface area contributed by atoms with Crippen molar-refractivity contribution in [1.29, 1.82) is 0 Å². The van der Waals surface area contributed by atoms with Crippen molar-refractivity contribution in [3.05, 3.63) is 30.1 Å². The number of halogens is 1. The van der Waals surface area contributed by atoms with Crippen LogP contribution in [0, 0.1) is 17.7 Å². The molecule has 0 saturated carbocycles. The van der Waals surface area contributed by atoms with Crippen LogP contribution in [0.15, 0.2) is 24.3 Å². The smallest absolute Gasteiger partial charge is 0.165 e. The number of ether oxygens (including phenoxy) is 1. The van der Waals surface area contributed by atoms with E-state index in [-0.39, 0.29) is 5.82 Å². The molecule has 3 nitrogen and oxygen atoms in total. The van der Waals surface area contributed by atoms with Gasteiger partial charge in [0, 0.05) is 12.5 Å². The van der Waals surface area contributed by atoms with Crippen molar-refractivity contribution >= 4 is 0 Å². The summed E-state index contributed by atoms with van der Waals surface area (Å²) in [5.74, 6) is 0.888. The zero-order valence-electron chi connectivity index (χ0n) is 11.5. The maximum Gasteiger partial charge on any atom is 0.165 e. The first kappa shape index (κ1) is 14.3. The van der Waals surface area contributed by atoms with E-state index in [1.165, 1.54) is 6.07 Å². The lowest BCUT2D eigenvalue weighted by Crippen LogP contribution is -2.31. The highest BCUT2D eigenvalue weighted by Crippen LogP contribution is 2.25. The molecular weight excluding hydrogens is 243 g/mol. The topological polar surface area (TPSA) is 38.5 Å². The predicted octanol–water partition coefficient (Wildman–Crippen LogP) is 2.12. The first-order valence-electron chi connectivity index (χ1n) is 7.04. The molecule has 2 atom stereocenters. The van der Waals surface area contributed by atoms with E-state index >= 15 is 0 Å². The van der Waals surface area contributed by atoms with Crippen LogP contribution in [0.3, 0.4) is 0 Å². The zero-order valence-corrected chi connectivity index (χ0v) is 11.5. The average molecular weight is 266 g/mol. The Bertz CT molecular complexity index is 399. The largest absolute Gasteiger partial charge is 0.490 e. The van der Waals surface area contributed by atoms with Crippen LogP contribution in [0.2, 0.25) is 0 Å². The third-order valence-electron chi connectivity index (χ3n) is 4.02. The van der Waals surface area contributed by atoms with Gasteiger partial charge in [-0.2, -0.15) is 0 Å². The van der Waals surface area contributed by atoms with Crippen LogP contribution in [-0.4, -0.2) is 37.7 Å². The molecule has 1 fully saturated rings. The average Bonchev–Trinajstić information content (AvgIpc) is 2.90. The summed E-state index contributed by atoms with van der Waals surface area (Å²) in [6, 6.07) is 6.53. The second-order valence-electron chi connectivity index (χ2n) is 5.18.